The number of likely N-dealkylation sites (tertiary alicyclic amines) is 1. The zero-order chi connectivity index (χ0) is 24.5. The molecule has 35 heavy (non-hydrogen) atoms. The van der Waals surface area contributed by atoms with Gasteiger partial charge in [0.25, 0.3) is 11.7 Å². The Labute approximate surface area is 201 Å². The number of aliphatic hydroxyl groups is 1. The maximum Gasteiger partial charge on any atom is 0.295 e. The Balaban J connectivity index is 1.74. The number of ketones is 1. The van der Waals surface area contributed by atoms with Gasteiger partial charge in [-0.15, -0.1) is 0 Å². The molecule has 2 N–H and O–H groups in total. The van der Waals surface area contributed by atoms with Crippen LogP contribution in [0, 0.1) is 0 Å². The van der Waals surface area contributed by atoms with Gasteiger partial charge in [0.2, 0.25) is 0 Å². The molecular formula is C27H23N3O5. The maximum absolute atomic E-state index is 13.4. The number of aliphatic hydroxyl groups excluding tert-OH is 1. The number of fused-ring (bicyclic) bond motifs is 1. The third kappa shape index (κ3) is 3.78. The lowest BCUT2D eigenvalue weighted by atomic mass is 9.94. The van der Waals surface area contributed by atoms with E-state index in [0.29, 0.717) is 17.1 Å². The number of rotatable bonds is 6. The second kappa shape index (κ2) is 8.98. The van der Waals surface area contributed by atoms with Crippen LogP contribution in [0.15, 0.2) is 78.8 Å². The number of nitrogens with zero attached hydrogens (tertiary/aromatic N) is 2. The van der Waals surface area contributed by atoms with Crippen LogP contribution < -0.4 is 9.47 Å². The van der Waals surface area contributed by atoms with Crippen molar-refractivity contribution in [3.05, 3.63) is 95.5 Å². The third-order valence-electron chi connectivity index (χ3n) is 6.19. The number of methoxy groups -OCH3 is 2. The van der Waals surface area contributed by atoms with Crippen LogP contribution in [-0.4, -0.2) is 45.9 Å². The first-order valence-corrected chi connectivity index (χ1v) is 11.0. The molecule has 3 heterocycles. The van der Waals surface area contributed by atoms with E-state index in [4.69, 9.17) is 9.47 Å². The van der Waals surface area contributed by atoms with E-state index in [1.807, 2.05) is 30.3 Å². The summed E-state index contributed by atoms with van der Waals surface area (Å²) in [4.78, 5) is 35.5. The summed E-state index contributed by atoms with van der Waals surface area (Å²) >= 11 is 0. The number of carbonyl (C=O) groups is 2. The van der Waals surface area contributed by atoms with Gasteiger partial charge in [-0.25, -0.2) is 0 Å². The fourth-order valence-corrected chi connectivity index (χ4v) is 4.52. The summed E-state index contributed by atoms with van der Waals surface area (Å²) in [7, 11) is 2.97. The summed E-state index contributed by atoms with van der Waals surface area (Å²) in [5.41, 5.74) is 2.56. The summed E-state index contributed by atoms with van der Waals surface area (Å²) in [5.74, 6) is -0.984. The molecule has 2 aromatic carbocycles. The monoisotopic (exact) mass is 469 g/mol. The van der Waals surface area contributed by atoms with Gasteiger partial charge in [0.15, 0.2) is 0 Å². The van der Waals surface area contributed by atoms with Gasteiger partial charge in [-0.3, -0.25) is 14.6 Å². The Morgan fingerprint density at radius 1 is 1.09 bits per heavy atom. The number of nitrogens with one attached hydrogen (secondary N) is 1. The molecule has 5 rings (SSSR count). The van der Waals surface area contributed by atoms with Gasteiger partial charge in [0, 0.05) is 41.6 Å². The Hall–Kier alpha value is -4.59. The molecule has 8 heteroatoms. The highest BCUT2D eigenvalue weighted by Gasteiger charge is 2.47. The normalized spacial score (nSPS) is 17.2. The molecule has 0 saturated carbocycles. The first kappa shape index (κ1) is 22.2. The van der Waals surface area contributed by atoms with Crippen molar-refractivity contribution in [2.24, 2.45) is 0 Å². The number of aromatic amines is 1. The molecule has 0 bridgehead atoms. The van der Waals surface area contributed by atoms with Gasteiger partial charge < -0.3 is 24.5 Å². The van der Waals surface area contributed by atoms with E-state index in [1.54, 1.807) is 42.9 Å². The molecule has 0 radical (unpaired) electrons. The number of benzene rings is 2. The van der Waals surface area contributed by atoms with Crippen LogP contribution in [0.3, 0.4) is 0 Å². The lowest BCUT2D eigenvalue weighted by Crippen LogP contribution is -2.29. The molecule has 1 fully saturated rings. The minimum atomic E-state index is -0.831. The number of aromatic nitrogens is 2. The SMILES string of the molecule is COc1ccc(OC)c(/C(O)=C2\C(=O)C(=O)N(Cc3cccnc3)C2c2c[nH]c3ccccc23)c1. The van der Waals surface area contributed by atoms with Crippen LogP contribution in [0.5, 0.6) is 11.5 Å². The van der Waals surface area contributed by atoms with Gasteiger partial charge in [0.1, 0.15) is 17.3 Å². The molecule has 2 aromatic heterocycles. The van der Waals surface area contributed by atoms with Crippen molar-refractivity contribution in [3.8, 4) is 11.5 Å². The summed E-state index contributed by atoms with van der Waals surface area (Å²) in [6, 6.07) is 15.3. The summed E-state index contributed by atoms with van der Waals surface area (Å²) in [5, 5.41) is 12.3. The van der Waals surface area contributed by atoms with Crippen LogP contribution in [0.4, 0.5) is 0 Å². The lowest BCUT2D eigenvalue weighted by Gasteiger charge is -2.25. The van der Waals surface area contributed by atoms with Crippen LogP contribution >= 0.6 is 0 Å². The largest absolute Gasteiger partial charge is 0.507 e. The minimum absolute atomic E-state index is 0.0183. The molecule has 176 valence electrons. The molecule has 0 spiro atoms. The van der Waals surface area contributed by atoms with Crippen molar-refractivity contribution in [3.63, 3.8) is 0 Å². The van der Waals surface area contributed by atoms with E-state index in [0.717, 1.165) is 16.5 Å². The van der Waals surface area contributed by atoms with Crippen molar-refractivity contribution in [2.45, 2.75) is 12.6 Å². The summed E-state index contributed by atoms with van der Waals surface area (Å²) in [6.07, 6.45) is 5.06. The number of pyridine rings is 1. The fraction of sp³-hybridized carbons (Fsp3) is 0.148. The van der Waals surface area contributed by atoms with Crippen molar-refractivity contribution in [1.29, 1.82) is 0 Å². The number of amides is 1. The molecule has 1 atom stereocenters. The highest BCUT2D eigenvalue weighted by Crippen LogP contribution is 2.44. The smallest absolute Gasteiger partial charge is 0.295 e. The molecule has 1 amide bonds. The molecule has 1 aliphatic rings. The molecule has 4 aromatic rings. The lowest BCUT2D eigenvalue weighted by molar-refractivity contribution is -0.140. The van der Waals surface area contributed by atoms with E-state index in [1.165, 1.54) is 19.1 Å². The predicted octanol–water partition coefficient (Wildman–Crippen LogP) is 4.20. The quantitative estimate of drug-likeness (QED) is 0.249. The number of ether oxygens (including phenoxy) is 2. The van der Waals surface area contributed by atoms with E-state index in [9.17, 15) is 14.7 Å². The Bertz CT molecular complexity index is 1460. The summed E-state index contributed by atoms with van der Waals surface area (Å²) in [6.45, 7) is 0.147. The zero-order valence-corrected chi connectivity index (χ0v) is 19.2. The van der Waals surface area contributed by atoms with Gasteiger partial charge in [-0.1, -0.05) is 24.3 Å². The van der Waals surface area contributed by atoms with Crippen molar-refractivity contribution < 1.29 is 24.2 Å². The van der Waals surface area contributed by atoms with E-state index < -0.39 is 17.7 Å². The number of Topliss-reactive ketones (excluding diaryl/α,β-unsaturated/α-hetero) is 1. The second-order valence-corrected chi connectivity index (χ2v) is 8.14. The maximum atomic E-state index is 13.4. The Morgan fingerprint density at radius 3 is 2.66 bits per heavy atom. The van der Waals surface area contributed by atoms with Crippen LogP contribution in [0.25, 0.3) is 16.7 Å². The number of para-hydroxylation sites is 1. The molecular weight excluding hydrogens is 446 g/mol. The number of hydrogen-bond donors (Lipinski definition) is 2. The first-order chi connectivity index (χ1) is 17.0. The number of hydrogen-bond acceptors (Lipinski definition) is 6. The van der Waals surface area contributed by atoms with Crippen LogP contribution in [-0.2, 0) is 16.1 Å². The third-order valence-corrected chi connectivity index (χ3v) is 6.19. The van der Waals surface area contributed by atoms with E-state index in [-0.39, 0.29) is 23.4 Å². The number of carbonyl (C=O) groups excluding carboxylic acids is 2. The molecule has 1 aliphatic heterocycles. The highest BCUT2D eigenvalue weighted by atomic mass is 16.5. The standard InChI is InChI=1S/C27H23N3O5/c1-34-17-9-10-22(35-2)19(12-17)25(31)23-24(20-14-29-21-8-4-3-7-18(20)21)30(27(33)26(23)32)15-16-6-5-11-28-13-16/h3-14,24,29,31H,15H2,1-2H3/b25-23+. The van der Waals surface area contributed by atoms with E-state index in [2.05, 4.69) is 9.97 Å². The minimum Gasteiger partial charge on any atom is -0.507 e. The van der Waals surface area contributed by atoms with Crippen molar-refractivity contribution in [1.82, 2.24) is 14.9 Å². The molecule has 8 nitrogen and oxygen atoms in total. The highest BCUT2D eigenvalue weighted by molar-refractivity contribution is 6.46. The van der Waals surface area contributed by atoms with Crippen molar-refractivity contribution in [2.75, 3.05) is 14.2 Å². The average Bonchev–Trinajstić information content (AvgIpc) is 3.43. The van der Waals surface area contributed by atoms with Gasteiger partial charge in [-0.2, -0.15) is 0 Å². The van der Waals surface area contributed by atoms with Crippen LogP contribution in [0.1, 0.15) is 22.7 Å². The summed E-state index contributed by atoms with van der Waals surface area (Å²) < 4.78 is 10.7. The number of H-pyrrole nitrogens is 1. The Morgan fingerprint density at radius 2 is 1.91 bits per heavy atom. The van der Waals surface area contributed by atoms with E-state index >= 15 is 0 Å². The van der Waals surface area contributed by atoms with Gasteiger partial charge in [0.05, 0.1) is 31.4 Å². The van der Waals surface area contributed by atoms with Crippen molar-refractivity contribution >= 4 is 28.4 Å². The molecule has 1 unspecified atom stereocenters. The average molecular weight is 469 g/mol. The second-order valence-electron chi connectivity index (χ2n) is 8.14. The van der Waals surface area contributed by atoms with Gasteiger partial charge in [-0.05, 0) is 35.9 Å². The zero-order valence-electron chi connectivity index (χ0n) is 19.2. The first-order valence-electron chi connectivity index (χ1n) is 11.0. The molecule has 1 saturated heterocycles. The fourth-order valence-electron chi connectivity index (χ4n) is 4.52. The predicted molar refractivity (Wildman–Crippen MR) is 130 cm³/mol. The van der Waals surface area contributed by atoms with Gasteiger partial charge >= 0.3 is 0 Å². The topological polar surface area (TPSA) is 105 Å². The molecule has 0 aliphatic carbocycles. The van der Waals surface area contributed by atoms with Crippen LogP contribution in [0.2, 0.25) is 0 Å². The Kier molecular flexibility index (Phi) is 5.70.